The molecule has 0 aliphatic carbocycles. The molecule has 2 aliphatic heterocycles. The Morgan fingerprint density at radius 3 is 2.83 bits per heavy atom. The van der Waals surface area contributed by atoms with Gasteiger partial charge >= 0.3 is 5.97 Å². The number of aromatic nitrogens is 4. The zero-order valence-electron chi connectivity index (χ0n) is 16.1. The molecule has 30 heavy (non-hydrogen) atoms. The normalized spacial score (nSPS) is 20.7. The first kappa shape index (κ1) is 20.9. The molecule has 4 heterocycles. The standard InChI is InChI=1S/C17H18N6O4S3/c1-3-22-5-4-10(21-22)13(24)18-11-14(25)23-12(16(26)27)9(6-28-15(11)23)7-29-17-20-19-8(2)30-17/h4-5,11,15H,3,6-7H2,1-2H3,(H,18,24)(H,26,27)/t11-,15-/m0/s1. The van der Waals surface area contributed by atoms with Gasteiger partial charge in [-0.3, -0.25) is 19.2 Å². The number of aliphatic carboxylic acids is 1. The van der Waals surface area contributed by atoms with Crippen LogP contribution in [0.2, 0.25) is 0 Å². The molecule has 2 aromatic rings. The van der Waals surface area contributed by atoms with Crippen molar-refractivity contribution < 1.29 is 19.5 Å². The minimum atomic E-state index is -1.15. The minimum Gasteiger partial charge on any atom is -0.477 e. The second kappa shape index (κ2) is 8.40. The van der Waals surface area contributed by atoms with E-state index in [-0.39, 0.29) is 11.4 Å². The molecule has 10 nitrogen and oxygen atoms in total. The molecule has 0 spiro atoms. The van der Waals surface area contributed by atoms with Crippen molar-refractivity contribution in [1.29, 1.82) is 0 Å². The number of carboxylic acids is 1. The number of β-lactam (4-membered cyclic amide) rings is 1. The van der Waals surface area contributed by atoms with Crippen molar-refractivity contribution in [2.24, 2.45) is 0 Å². The largest absolute Gasteiger partial charge is 0.477 e. The fraction of sp³-hybridized carbons (Fsp3) is 0.412. The first-order chi connectivity index (χ1) is 14.4. The summed E-state index contributed by atoms with van der Waals surface area (Å²) >= 11 is 4.28. The molecule has 0 aromatic carbocycles. The van der Waals surface area contributed by atoms with Crippen LogP contribution in [0.5, 0.6) is 0 Å². The lowest BCUT2D eigenvalue weighted by Gasteiger charge is -2.49. The zero-order chi connectivity index (χ0) is 21.4. The highest BCUT2D eigenvalue weighted by molar-refractivity contribution is 8.01. The number of rotatable bonds is 7. The van der Waals surface area contributed by atoms with Crippen molar-refractivity contribution in [3.05, 3.63) is 34.2 Å². The molecule has 2 amide bonds. The Labute approximate surface area is 184 Å². The number of hydrogen-bond acceptors (Lipinski definition) is 9. The molecule has 0 radical (unpaired) electrons. The number of nitrogens with zero attached hydrogens (tertiary/aromatic N) is 5. The Morgan fingerprint density at radius 1 is 1.40 bits per heavy atom. The monoisotopic (exact) mass is 466 g/mol. The Hall–Kier alpha value is -2.38. The lowest BCUT2D eigenvalue weighted by molar-refractivity contribution is -0.148. The topological polar surface area (TPSA) is 130 Å². The van der Waals surface area contributed by atoms with E-state index in [0.29, 0.717) is 23.6 Å². The van der Waals surface area contributed by atoms with E-state index in [1.165, 1.54) is 39.8 Å². The highest BCUT2D eigenvalue weighted by Gasteiger charge is 2.54. The van der Waals surface area contributed by atoms with Crippen LogP contribution in [0.15, 0.2) is 27.9 Å². The molecule has 2 aromatic heterocycles. The molecule has 2 atom stereocenters. The average Bonchev–Trinajstić information content (AvgIpc) is 3.38. The van der Waals surface area contributed by atoms with Gasteiger partial charge in [0.2, 0.25) is 0 Å². The van der Waals surface area contributed by atoms with Crippen molar-refractivity contribution in [2.75, 3.05) is 11.5 Å². The van der Waals surface area contributed by atoms with Crippen LogP contribution in [0.3, 0.4) is 0 Å². The van der Waals surface area contributed by atoms with E-state index in [9.17, 15) is 19.5 Å². The summed E-state index contributed by atoms with van der Waals surface area (Å²) in [5, 5.41) is 24.9. The summed E-state index contributed by atoms with van der Waals surface area (Å²) in [6, 6.07) is 0.810. The summed E-state index contributed by atoms with van der Waals surface area (Å²) in [5.74, 6) is -1.16. The van der Waals surface area contributed by atoms with Gasteiger partial charge in [-0.05, 0) is 25.5 Å². The van der Waals surface area contributed by atoms with Gasteiger partial charge in [-0.1, -0.05) is 23.1 Å². The number of aryl methyl sites for hydroxylation is 2. The van der Waals surface area contributed by atoms with Gasteiger partial charge in [0.25, 0.3) is 11.8 Å². The van der Waals surface area contributed by atoms with E-state index >= 15 is 0 Å². The van der Waals surface area contributed by atoms with Crippen LogP contribution in [-0.2, 0) is 16.1 Å². The van der Waals surface area contributed by atoms with Crippen LogP contribution in [0, 0.1) is 6.92 Å². The number of amides is 2. The summed E-state index contributed by atoms with van der Waals surface area (Å²) in [4.78, 5) is 38.3. The van der Waals surface area contributed by atoms with E-state index in [1.54, 1.807) is 16.9 Å². The van der Waals surface area contributed by atoms with Crippen molar-refractivity contribution >= 4 is 52.6 Å². The third-order valence-corrected chi connectivity index (χ3v) is 8.01. The Kier molecular flexibility index (Phi) is 5.84. The van der Waals surface area contributed by atoms with Gasteiger partial charge in [0.05, 0.1) is 0 Å². The lowest BCUT2D eigenvalue weighted by Crippen LogP contribution is -2.70. The van der Waals surface area contributed by atoms with Gasteiger partial charge < -0.3 is 10.4 Å². The molecule has 13 heteroatoms. The molecule has 1 fully saturated rings. The lowest BCUT2D eigenvalue weighted by atomic mass is 10.0. The number of thioether (sulfide) groups is 2. The third-order valence-electron chi connectivity index (χ3n) is 4.61. The maximum absolute atomic E-state index is 12.7. The Balaban J connectivity index is 1.47. The molecule has 0 unspecified atom stereocenters. The Morgan fingerprint density at radius 2 is 2.20 bits per heavy atom. The minimum absolute atomic E-state index is 0.00162. The van der Waals surface area contributed by atoms with Gasteiger partial charge in [0.15, 0.2) is 4.34 Å². The molecular weight excluding hydrogens is 448 g/mol. The van der Waals surface area contributed by atoms with Gasteiger partial charge in [0.1, 0.15) is 27.8 Å². The van der Waals surface area contributed by atoms with Crippen LogP contribution in [0.1, 0.15) is 22.4 Å². The molecule has 2 N–H and O–H groups in total. The maximum atomic E-state index is 12.7. The highest BCUT2D eigenvalue weighted by Crippen LogP contribution is 2.41. The van der Waals surface area contributed by atoms with Crippen LogP contribution in [0.25, 0.3) is 0 Å². The highest BCUT2D eigenvalue weighted by atomic mass is 32.2. The third kappa shape index (κ3) is 3.84. The molecule has 4 rings (SSSR count). The second-order valence-corrected chi connectivity index (χ2v) is 10.1. The molecule has 1 saturated heterocycles. The van der Waals surface area contributed by atoms with Crippen molar-refractivity contribution in [3.63, 3.8) is 0 Å². The molecule has 0 bridgehead atoms. The van der Waals surface area contributed by atoms with Crippen LogP contribution in [-0.4, -0.2) is 70.7 Å². The van der Waals surface area contributed by atoms with E-state index in [4.69, 9.17) is 0 Å². The molecular formula is C17H18N6O4S3. The number of carbonyl (C=O) groups excluding carboxylic acids is 2. The first-order valence-electron chi connectivity index (χ1n) is 9.06. The predicted molar refractivity (Wildman–Crippen MR) is 112 cm³/mol. The second-order valence-electron chi connectivity index (χ2n) is 6.55. The van der Waals surface area contributed by atoms with Gasteiger partial charge in [-0.15, -0.1) is 22.0 Å². The summed E-state index contributed by atoms with van der Waals surface area (Å²) < 4.78 is 2.37. The van der Waals surface area contributed by atoms with E-state index in [0.717, 1.165) is 9.35 Å². The van der Waals surface area contributed by atoms with Crippen LogP contribution >= 0.6 is 34.9 Å². The number of nitrogens with one attached hydrogen (secondary N) is 1. The average molecular weight is 467 g/mol. The van der Waals surface area contributed by atoms with Gasteiger partial charge in [0, 0.05) is 24.2 Å². The van der Waals surface area contributed by atoms with Gasteiger partial charge in [-0.25, -0.2) is 4.79 Å². The number of hydrogen-bond donors (Lipinski definition) is 2. The first-order valence-corrected chi connectivity index (χ1v) is 11.9. The smallest absolute Gasteiger partial charge is 0.352 e. The predicted octanol–water partition coefficient (Wildman–Crippen LogP) is 1.21. The van der Waals surface area contributed by atoms with Crippen LogP contribution < -0.4 is 5.32 Å². The van der Waals surface area contributed by atoms with Crippen LogP contribution in [0.4, 0.5) is 0 Å². The quantitative estimate of drug-likeness (QED) is 0.457. The maximum Gasteiger partial charge on any atom is 0.352 e. The number of carboxylic acid groups (broad SMARTS) is 1. The fourth-order valence-corrected chi connectivity index (χ4v) is 6.45. The fourth-order valence-electron chi connectivity index (χ4n) is 3.15. The molecule has 0 saturated carbocycles. The number of carbonyl (C=O) groups is 3. The molecule has 158 valence electrons. The Bertz CT molecular complexity index is 1050. The zero-order valence-corrected chi connectivity index (χ0v) is 18.5. The van der Waals surface area contributed by atoms with E-state index in [1.807, 2.05) is 13.8 Å². The van der Waals surface area contributed by atoms with Crippen molar-refractivity contribution in [1.82, 2.24) is 30.2 Å². The SMILES string of the molecule is CCn1ccc(C(=O)N[C@H]2C(=O)N3C(C(=O)O)=C(CSc4nnc(C)s4)CS[C@@H]23)n1. The summed E-state index contributed by atoms with van der Waals surface area (Å²) in [5.41, 5.74) is 0.877. The molecule has 2 aliphatic rings. The van der Waals surface area contributed by atoms with Gasteiger partial charge in [-0.2, -0.15) is 5.10 Å². The van der Waals surface area contributed by atoms with Crippen molar-refractivity contribution in [3.8, 4) is 0 Å². The van der Waals surface area contributed by atoms with Crippen molar-refractivity contribution in [2.45, 2.75) is 36.1 Å². The summed E-state index contributed by atoms with van der Waals surface area (Å²) in [6.45, 7) is 4.39. The number of fused-ring (bicyclic) bond motifs is 1. The summed E-state index contributed by atoms with van der Waals surface area (Å²) in [7, 11) is 0. The van der Waals surface area contributed by atoms with E-state index in [2.05, 4.69) is 20.6 Å². The summed E-state index contributed by atoms with van der Waals surface area (Å²) in [6.07, 6.45) is 1.69. The van der Waals surface area contributed by atoms with E-state index < -0.39 is 29.2 Å².